The van der Waals surface area contributed by atoms with Crippen molar-refractivity contribution in [3.8, 4) is 0 Å². The molecule has 2 unspecified atom stereocenters. The van der Waals surface area contributed by atoms with E-state index in [1.165, 1.54) is 24.3 Å². The number of carboxylic acids is 1. The number of carbonyl (C=O) groups is 1. The number of benzene rings is 1. The predicted octanol–water partition coefficient (Wildman–Crippen LogP) is 0.964. The first-order chi connectivity index (χ1) is 9.62. The first-order valence-electron chi connectivity index (χ1n) is 6.62. The van der Waals surface area contributed by atoms with Gasteiger partial charge in [-0.3, -0.25) is 0 Å². The Labute approximate surface area is 123 Å². The van der Waals surface area contributed by atoms with Crippen LogP contribution < -0.4 is 4.72 Å². The van der Waals surface area contributed by atoms with Gasteiger partial charge in [-0.1, -0.05) is 26.0 Å². The molecule has 3 N–H and O–H groups in total. The lowest BCUT2D eigenvalue weighted by Crippen LogP contribution is -2.61. The van der Waals surface area contributed by atoms with Crippen LogP contribution in [0.4, 0.5) is 0 Å². The lowest BCUT2D eigenvalue weighted by molar-refractivity contribution is -0.0645. The minimum Gasteiger partial charge on any atom is -0.478 e. The highest BCUT2D eigenvalue weighted by Crippen LogP contribution is 2.40. The van der Waals surface area contributed by atoms with Crippen LogP contribution >= 0.6 is 0 Å². The zero-order valence-electron chi connectivity index (χ0n) is 11.9. The molecule has 0 heterocycles. The standard InChI is InChI=1S/C14H19NO5S/c1-14(2)11(7-12(14)16)15-21(19,20)8-9-3-5-10(6-4-9)13(17)18/h3-6,11-12,15-16H,7-8H2,1-2H3,(H,17,18). The molecule has 0 aromatic heterocycles. The van der Waals surface area contributed by atoms with Crippen LogP contribution in [-0.2, 0) is 15.8 Å². The quantitative estimate of drug-likeness (QED) is 0.751. The Hall–Kier alpha value is -1.44. The molecule has 2 rings (SSSR count). The second-order valence-electron chi connectivity index (χ2n) is 6.00. The Kier molecular flexibility index (Phi) is 4.10. The number of carboxylic acid groups (broad SMARTS) is 1. The number of sulfonamides is 1. The number of aromatic carboxylic acids is 1. The Bertz CT molecular complexity index is 636. The molecule has 1 aromatic rings. The van der Waals surface area contributed by atoms with Crippen molar-refractivity contribution in [2.24, 2.45) is 5.41 Å². The van der Waals surface area contributed by atoms with E-state index >= 15 is 0 Å². The fourth-order valence-corrected chi connectivity index (χ4v) is 3.87. The number of rotatable bonds is 5. The molecule has 0 bridgehead atoms. The van der Waals surface area contributed by atoms with E-state index in [4.69, 9.17) is 5.11 Å². The molecule has 0 radical (unpaired) electrons. The van der Waals surface area contributed by atoms with Gasteiger partial charge in [0.2, 0.25) is 10.0 Å². The van der Waals surface area contributed by atoms with Crippen molar-refractivity contribution < 1.29 is 23.4 Å². The molecular formula is C14H19NO5S. The maximum absolute atomic E-state index is 12.1. The molecule has 2 atom stereocenters. The van der Waals surface area contributed by atoms with Crippen LogP contribution in [0.2, 0.25) is 0 Å². The van der Waals surface area contributed by atoms with Gasteiger partial charge in [0.1, 0.15) is 0 Å². The van der Waals surface area contributed by atoms with Gasteiger partial charge in [-0.15, -0.1) is 0 Å². The summed E-state index contributed by atoms with van der Waals surface area (Å²) in [5.74, 6) is -1.26. The van der Waals surface area contributed by atoms with E-state index in [1.54, 1.807) is 0 Å². The van der Waals surface area contributed by atoms with Gasteiger partial charge < -0.3 is 10.2 Å². The molecule has 1 fully saturated rings. The molecular weight excluding hydrogens is 294 g/mol. The molecule has 1 saturated carbocycles. The van der Waals surface area contributed by atoms with Gasteiger partial charge in [0.05, 0.1) is 17.4 Å². The zero-order chi connectivity index (χ0) is 15.8. The highest BCUT2D eigenvalue weighted by molar-refractivity contribution is 7.88. The first kappa shape index (κ1) is 15.9. The number of hydrogen-bond donors (Lipinski definition) is 3. The van der Waals surface area contributed by atoms with Gasteiger partial charge in [0, 0.05) is 11.5 Å². The summed E-state index contributed by atoms with van der Waals surface area (Å²) in [6, 6.07) is 5.46. The summed E-state index contributed by atoms with van der Waals surface area (Å²) >= 11 is 0. The number of aliphatic hydroxyl groups is 1. The lowest BCUT2D eigenvalue weighted by Gasteiger charge is -2.49. The lowest BCUT2D eigenvalue weighted by atomic mass is 9.65. The summed E-state index contributed by atoms with van der Waals surface area (Å²) in [6.07, 6.45) is -0.0930. The largest absolute Gasteiger partial charge is 0.478 e. The molecule has 0 amide bonds. The van der Waals surface area contributed by atoms with Crippen molar-refractivity contribution in [1.82, 2.24) is 4.72 Å². The summed E-state index contributed by atoms with van der Waals surface area (Å²) in [6.45, 7) is 3.63. The minimum absolute atomic E-state index is 0.118. The van der Waals surface area contributed by atoms with Gasteiger partial charge in [0.15, 0.2) is 0 Å². The van der Waals surface area contributed by atoms with Crippen LogP contribution in [0.1, 0.15) is 36.2 Å². The highest BCUT2D eigenvalue weighted by atomic mass is 32.2. The highest BCUT2D eigenvalue weighted by Gasteiger charge is 2.48. The molecule has 0 aliphatic heterocycles. The number of aliphatic hydroxyl groups excluding tert-OH is 1. The van der Waals surface area contributed by atoms with E-state index in [2.05, 4.69) is 4.72 Å². The Balaban J connectivity index is 2.03. The molecule has 21 heavy (non-hydrogen) atoms. The Morgan fingerprint density at radius 1 is 1.33 bits per heavy atom. The maximum Gasteiger partial charge on any atom is 0.335 e. The molecule has 7 heteroatoms. The summed E-state index contributed by atoms with van der Waals surface area (Å²) in [5.41, 5.74) is 0.165. The van der Waals surface area contributed by atoms with E-state index in [9.17, 15) is 18.3 Å². The van der Waals surface area contributed by atoms with Crippen LogP contribution in [0.25, 0.3) is 0 Å². The molecule has 0 spiro atoms. The van der Waals surface area contributed by atoms with Gasteiger partial charge in [-0.25, -0.2) is 17.9 Å². The van der Waals surface area contributed by atoms with Crippen LogP contribution in [0, 0.1) is 5.41 Å². The van der Waals surface area contributed by atoms with E-state index < -0.39 is 27.5 Å². The average Bonchev–Trinajstić information content (AvgIpc) is 2.38. The summed E-state index contributed by atoms with van der Waals surface area (Å²) in [4.78, 5) is 10.7. The van der Waals surface area contributed by atoms with E-state index in [1.807, 2.05) is 13.8 Å². The predicted molar refractivity (Wildman–Crippen MR) is 77.4 cm³/mol. The monoisotopic (exact) mass is 313 g/mol. The minimum atomic E-state index is -3.53. The summed E-state index contributed by atoms with van der Waals surface area (Å²) in [7, 11) is -3.53. The molecule has 1 aliphatic carbocycles. The molecule has 0 saturated heterocycles. The van der Waals surface area contributed by atoms with Crippen molar-refractivity contribution in [3.05, 3.63) is 35.4 Å². The first-order valence-corrected chi connectivity index (χ1v) is 8.27. The molecule has 116 valence electrons. The van der Waals surface area contributed by atoms with E-state index in [0.717, 1.165) is 0 Å². The molecule has 6 nitrogen and oxygen atoms in total. The molecule has 1 aromatic carbocycles. The van der Waals surface area contributed by atoms with Gasteiger partial charge in [0.25, 0.3) is 0 Å². The summed E-state index contributed by atoms with van der Waals surface area (Å²) in [5, 5.41) is 18.4. The second-order valence-corrected chi connectivity index (χ2v) is 7.76. The van der Waals surface area contributed by atoms with Crippen molar-refractivity contribution in [2.45, 2.75) is 38.2 Å². The van der Waals surface area contributed by atoms with Crippen LogP contribution in [0.5, 0.6) is 0 Å². The third-order valence-electron chi connectivity index (χ3n) is 4.10. The topological polar surface area (TPSA) is 104 Å². The van der Waals surface area contributed by atoms with Crippen molar-refractivity contribution in [1.29, 1.82) is 0 Å². The normalized spacial score (nSPS) is 24.3. The van der Waals surface area contributed by atoms with Crippen molar-refractivity contribution in [2.75, 3.05) is 0 Å². The maximum atomic E-state index is 12.1. The van der Waals surface area contributed by atoms with E-state index in [0.29, 0.717) is 12.0 Å². The fourth-order valence-electron chi connectivity index (χ4n) is 2.32. The smallest absolute Gasteiger partial charge is 0.335 e. The third-order valence-corrected chi connectivity index (χ3v) is 5.45. The number of nitrogens with one attached hydrogen (secondary N) is 1. The van der Waals surface area contributed by atoms with Crippen molar-refractivity contribution in [3.63, 3.8) is 0 Å². The van der Waals surface area contributed by atoms with Crippen LogP contribution in [0.15, 0.2) is 24.3 Å². The van der Waals surface area contributed by atoms with Crippen molar-refractivity contribution >= 4 is 16.0 Å². The zero-order valence-corrected chi connectivity index (χ0v) is 12.7. The Morgan fingerprint density at radius 3 is 2.33 bits per heavy atom. The SMILES string of the molecule is CC1(C)C(O)CC1NS(=O)(=O)Cc1ccc(C(=O)O)cc1. The Morgan fingerprint density at radius 2 is 1.90 bits per heavy atom. The van der Waals surface area contributed by atoms with Gasteiger partial charge in [-0.05, 0) is 24.1 Å². The van der Waals surface area contributed by atoms with Crippen LogP contribution in [-0.4, -0.2) is 36.7 Å². The molecule has 1 aliphatic rings. The average molecular weight is 313 g/mol. The van der Waals surface area contributed by atoms with Gasteiger partial charge in [-0.2, -0.15) is 0 Å². The summed E-state index contributed by atoms with van der Waals surface area (Å²) < 4.78 is 26.8. The van der Waals surface area contributed by atoms with Gasteiger partial charge >= 0.3 is 5.97 Å². The fraction of sp³-hybridized carbons (Fsp3) is 0.500. The third kappa shape index (κ3) is 3.42. The number of hydrogen-bond acceptors (Lipinski definition) is 4. The van der Waals surface area contributed by atoms with Crippen LogP contribution in [0.3, 0.4) is 0 Å². The second kappa shape index (κ2) is 5.40. The van der Waals surface area contributed by atoms with E-state index in [-0.39, 0.29) is 17.4 Å².